The Kier molecular flexibility index (Phi) is 4.73. The van der Waals surface area contributed by atoms with Crippen molar-refractivity contribution in [2.24, 2.45) is 0 Å². The Balaban J connectivity index is 1.61. The van der Waals surface area contributed by atoms with E-state index in [4.69, 9.17) is 16.3 Å². The zero-order valence-electron chi connectivity index (χ0n) is 12.7. The van der Waals surface area contributed by atoms with E-state index in [2.05, 4.69) is 0 Å². The van der Waals surface area contributed by atoms with E-state index in [1.165, 1.54) is 18.2 Å². The van der Waals surface area contributed by atoms with E-state index in [0.29, 0.717) is 37.8 Å². The van der Waals surface area contributed by atoms with Gasteiger partial charge in [-0.2, -0.15) is 0 Å². The van der Waals surface area contributed by atoms with Gasteiger partial charge in [0.2, 0.25) is 0 Å². The van der Waals surface area contributed by atoms with Crippen LogP contribution in [0.4, 0.5) is 0 Å². The highest BCUT2D eigenvalue weighted by atomic mass is 35.5. The molecule has 0 radical (unpaired) electrons. The van der Waals surface area contributed by atoms with Gasteiger partial charge in [-0.05, 0) is 31.0 Å². The lowest BCUT2D eigenvalue weighted by molar-refractivity contribution is -0.142. The first kappa shape index (κ1) is 16.1. The van der Waals surface area contributed by atoms with Crippen molar-refractivity contribution in [1.82, 2.24) is 9.80 Å². The molecule has 0 aromatic heterocycles. The maximum atomic E-state index is 12.5. The molecule has 2 amide bonds. The molecule has 1 N–H and O–H groups in total. The second kappa shape index (κ2) is 6.76. The molecule has 0 spiro atoms. The number of phenolic OH excluding ortho intramolecular Hbond substituents is 1. The molecule has 2 heterocycles. The lowest BCUT2D eigenvalue weighted by atomic mass is 10.1. The van der Waals surface area contributed by atoms with E-state index in [0.717, 1.165) is 12.8 Å². The third kappa shape index (κ3) is 3.43. The van der Waals surface area contributed by atoms with Gasteiger partial charge in [-0.15, -0.1) is 0 Å². The van der Waals surface area contributed by atoms with Crippen molar-refractivity contribution >= 4 is 23.4 Å². The van der Waals surface area contributed by atoms with Crippen molar-refractivity contribution in [1.29, 1.82) is 0 Å². The van der Waals surface area contributed by atoms with Crippen molar-refractivity contribution in [3.63, 3.8) is 0 Å². The van der Waals surface area contributed by atoms with E-state index in [1.54, 1.807) is 9.80 Å². The van der Waals surface area contributed by atoms with Crippen molar-refractivity contribution in [3.8, 4) is 5.75 Å². The summed E-state index contributed by atoms with van der Waals surface area (Å²) in [4.78, 5) is 28.1. The number of rotatable bonds is 2. The number of hydrogen-bond donors (Lipinski definition) is 1. The van der Waals surface area contributed by atoms with Gasteiger partial charge in [-0.3, -0.25) is 9.59 Å². The van der Waals surface area contributed by atoms with E-state index in [9.17, 15) is 14.7 Å². The molecule has 1 aromatic carbocycles. The van der Waals surface area contributed by atoms with Crippen LogP contribution in [0.1, 0.15) is 23.2 Å². The van der Waals surface area contributed by atoms with Gasteiger partial charge in [-0.25, -0.2) is 0 Å². The van der Waals surface area contributed by atoms with Crippen LogP contribution in [0.3, 0.4) is 0 Å². The fraction of sp³-hybridized carbons (Fsp3) is 0.500. The fourth-order valence-electron chi connectivity index (χ4n) is 2.96. The highest BCUT2D eigenvalue weighted by Crippen LogP contribution is 2.24. The average molecular weight is 339 g/mol. The summed E-state index contributed by atoms with van der Waals surface area (Å²) < 4.78 is 5.42. The number of phenols is 1. The quantitative estimate of drug-likeness (QED) is 0.887. The lowest BCUT2D eigenvalue weighted by Crippen LogP contribution is -2.52. The molecule has 1 atom stereocenters. The smallest absolute Gasteiger partial charge is 0.257 e. The van der Waals surface area contributed by atoms with E-state index >= 15 is 0 Å². The Morgan fingerprint density at radius 1 is 1.17 bits per heavy atom. The standard InChI is InChI=1S/C16H19ClN2O4/c17-11-3-4-13(20)12(10-11)15(21)18-5-7-19(8-6-18)16(22)14-2-1-9-23-14/h3-4,10,14,20H,1-2,5-9H2. The van der Waals surface area contributed by atoms with Crippen LogP contribution in [0.25, 0.3) is 0 Å². The van der Waals surface area contributed by atoms with Crippen molar-refractivity contribution in [3.05, 3.63) is 28.8 Å². The number of halogens is 1. The molecule has 0 aliphatic carbocycles. The zero-order valence-corrected chi connectivity index (χ0v) is 13.5. The lowest BCUT2D eigenvalue weighted by Gasteiger charge is -2.35. The van der Waals surface area contributed by atoms with Crippen LogP contribution in [-0.4, -0.2) is 65.6 Å². The Bertz CT molecular complexity index is 608. The predicted molar refractivity (Wildman–Crippen MR) is 84.6 cm³/mol. The molecule has 2 aliphatic heterocycles. The Morgan fingerprint density at radius 3 is 2.52 bits per heavy atom. The van der Waals surface area contributed by atoms with Crippen molar-refractivity contribution in [2.45, 2.75) is 18.9 Å². The van der Waals surface area contributed by atoms with Gasteiger partial charge in [0.05, 0.1) is 5.56 Å². The number of piperazine rings is 1. The van der Waals surface area contributed by atoms with Crippen LogP contribution in [-0.2, 0) is 9.53 Å². The molecule has 6 nitrogen and oxygen atoms in total. The number of aromatic hydroxyl groups is 1. The number of carbonyl (C=O) groups is 2. The van der Waals surface area contributed by atoms with Crippen LogP contribution >= 0.6 is 11.6 Å². The monoisotopic (exact) mass is 338 g/mol. The van der Waals surface area contributed by atoms with Gasteiger partial charge >= 0.3 is 0 Å². The van der Waals surface area contributed by atoms with E-state index < -0.39 is 0 Å². The molecule has 0 saturated carbocycles. The fourth-order valence-corrected chi connectivity index (χ4v) is 3.13. The Labute approximate surface area is 139 Å². The normalized spacial score (nSPS) is 21.5. The molecule has 23 heavy (non-hydrogen) atoms. The minimum Gasteiger partial charge on any atom is -0.507 e. The van der Waals surface area contributed by atoms with Gasteiger partial charge in [0.25, 0.3) is 11.8 Å². The number of hydrogen-bond acceptors (Lipinski definition) is 4. The predicted octanol–water partition coefficient (Wildman–Crippen LogP) is 1.51. The van der Waals surface area contributed by atoms with Crippen molar-refractivity contribution < 1.29 is 19.4 Å². The number of amides is 2. The summed E-state index contributed by atoms with van der Waals surface area (Å²) in [7, 11) is 0. The molecular formula is C16H19ClN2O4. The largest absolute Gasteiger partial charge is 0.507 e. The highest BCUT2D eigenvalue weighted by Gasteiger charge is 2.31. The second-order valence-corrected chi connectivity index (χ2v) is 6.22. The highest BCUT2D eigenvalue weighted by molar-refractivity contribution is 6.31. The van der Waals surface area contributed by atoms with Crippen molar-refractivity contribution in [2.75, 3.05) is 32.8 Å². The Morgan fingerprint density at radius 2 is 1.87 bits per heavy atom. The van der Waals surface area contributed by atoms with E-state index in [1.807, 2.05) is 0 Å². The summed E-state index contributed by atoms with van der Waals surface area (Å²) in [5.74, 6) is -0.341. The number of nitrogens with zero attached hydrogens (tertiary/aromatic N) is 2. The summed E-state index contributed by atoms with van der Waals surface area (Å²) in [6, 6.07) is 4.40. The minimum atomic E-state index is -0.325. The third-order valence-corrected chi connectivity index (χ3v) is 4.51. The molecule has 1 aromatic rings. The van der Waals surface area contributed by atoms with Crippen LogP contribution in [0.15, 0.2) is 18.2 Å². The van der Waals surface area contributed by atoms with Gasteiger partial charge in [0.15, 0.2) is 0 Å². The number of carbonyl (C=O) groups excluding carboxylic acids is 2. The van der Waals surface area contributed by atoms with Gasteiger partial charge in [0, 0.05) is 37.8 Å². The van der Waals surface area contributed by atoms with Crippen LogP contribution < -0.4 is 0 Å². The average Bonchev–Trinajstić information content (AvgIpc) is 3.10. The summed E-state index contributed by atoms with van der Waals surface area (Å²) >= 11 is 5.89. The van der Waals surface area contributed by atoms with Crippen LogP contribution in [0.2, 0.25) is 5.02 Å². The zero-order chi connectivity index (χ0) is 16.4. The molecule has 7 heteroatoms. The molecule has 2 fully saturated rings. The SMILES string of the molecule is O=C(c1cc(Cl)ccc1O)N1CCN(C(=O)C2CCCO2)CC1. The molecule has 124 valence electrons. The first-order valence-electron chi connectivity index (χ1n) is 7.74. The second-order valence-electron chi connectivity index (χ2n) is 5.78. The molecule has 0 bridgehead atoms. The molecule has 3 rings (SSSR count). The molecule has 2 aliphatic rings. The number of ether oxygens (including phenoxy) is 1. The minimum absolute atomic E-state index is 0.0141. The topological polar surface area (TPSA) is 70.1 Å². The van der Waals surface area contributed by atoms with Gasteiger partial charge in [-0.1, -0.05) is 11.6 Å². The maximum absolute atomic E-state index is 12.5. The summed E-state index contributed by atoms with van der Waals surface area (Å²) in [6.07, 6.45) is 1.37. The summed E-state index contributed by atoms with van der Waals surface area (Å²) in [5.41, 5.74) is 0.191. The van der Waals surface area contributed by atoms with Crippen LogP contribution in [0.5, 0.6) is 5.75 Å². The molecule has 1 unspecified atom stereocenters. The molecule has 2 saturated heterocycles. The summed E-state index contributed by atoms with van der Waals surface area (Å²) in [6.45, 7) is 2.47. The van der Waals surface area contributed by atoms with Gasteiger partial charge in [0.1, 0.15) is 11.9 Å². The third-order valence-electron chi connectivity index (χ3n) is 4.27. The molecular weight excluding hydrogens is 320 g/mol. The summed E-state index contributed by atoms with van der Waals surface area (Å²) in [5, 5.41) is 10.2. The first-order valence-corrected chi connectivity index (χ1v) is 8.12. The maximum Gasteiger partial charge on any atom is 0.257 e. The Hall–Kier alpha value is -1.79. The number of benzene rings is 1. The van der Waals surface area contributed by atoms with Gasteiger partial charge < -0.3 is 19.6 Å². The van der Waals surface area contributed by atoms with E-state index in [-0.39, 0.29) is 29.2 Å². The first-order chi connectivity index (χ1) is 11.1. The van der Waals surface area contributed by atoms with Crippen LogP contribution in [0, 0.1) is 0 Å².